The standard InChI is InChI=1S/C10H6Cl3N3O2/c11-4-1-5(12)9(6(13)2-4)16-8(17)3-7(15-16)10(14)18/h1-2H,3H2,(H2,14,18). The fourth-order valence-corrected chi connectivity index (χ4v) is 2.46. The number of nitrogens with two attached hydrogens (primary N) is 1. The summed E-state index contributed by atoms with van der Waals surface area (Å²) in [6, 6.07) is 2.85. The van der Waals surface area contributed by atoms with Crippen LogP contribution in [0.3, 0.4) is 0 Å². The van der Waals surface area contributed by atoms with E-state index in [1.165, 1.54) is 12.1 Å². The number of hydrazone groups is 1. The number of rotatable bonds is 2. The maximum atomic E-state index is 11.7. The van der Waals surface area contributed by atoms with Crippen molar-refractivity contribution in [1.82, 2.24) is 0 Å². The highest BCUT2D eigenvalue weighted by Crippen LogP contribution is 2.38. The lowest BCUT2D eigenvalue weighted by molar-refractivity contribution is -0.117. The topological polar surface area (TPSA) is 75.8 Å². The molecule has 0 fully saturated rings. The molecule has 0 saturated carbocycles. The van der Waals surface area contributed by atoms with Crippen molar-refractivity contribution < 1.29 is 9.59 Å². The summed E-state index contributed by atoms with van der Waals surface area (Å²) < 4.78 is 0. The van der Waals surface area contributed by atoms with Gasteiger partial charge in [0.15, 0.2) is 0 Å². The number of benzene rings is 1. The fourth-order valence-electron chi connectivity index (χ4n) is 1.48. The van der Waals surface area contributed by atoms with Gasteiger partial charge in [0.2, 0.25) is 0 Å². The molecule has 0 aliphatic carbocycles. The zero-order valence-corrected chi connectivity index (χ0v) is 11.1. The Hall–Kier alpha value is -1.30. The summed E-state index contributed by atoms with van der Waals surface area (Å²) in [5.74, 6) is -1.19. The Morgan fingerprint density at radius 2 is 1.83 bits per heavy atom. The van der Waals surface area contributed by atoms with Crippen LogP contribution < -0.4 is 10.7 Å². The Labute approximate surface area is 117 Å². The van der Waals surface area contributed by atoms with Crippen LogP contribution >= 0.6 is 34.8 Å². The van der Waals surface area contributed by atoms with E-state index in [2.05, 4.69) is 5.10 Å². The summed E-state index contributed by atoms with van der Waals surface area (Å²) in [6.45, 7) is 0. The van der Waals surface area contributed by atoms with Crippen LogP contribution in [0.4, 0.5) is 5.69 Å². The highest BCUT2D eigenvalue weighted by molar-refractivity contribution is 6.46. The minimum absolute atomic E-state index is 0.0397. The molecule has 5 nitrogen and oxygen atoms in total. The number of nitrogens with zero attached hydrogens (tertiary/aromatic N) is 2. The zero-order chi connectivity index (χ0) is 13.4. The molecular weight excluding hydrogens is 300 g/mol. The summed E-state index contributed by atoms with van der Waals surface area (Å²) in [7, 11) is 0. The Bertz CT molecular complexity index is 563. The van der Waals surface area contributed by atoms with Gasteiger partial charge in [-0.25, -0.2) is 0 Å². The van der Waals surface area contributed by atoms with Gasteiger partial charge in [0, 0.05) is 5.02 Å². The minimum atomic E-state index is -0.757. The predicted octanol–water partition coefficient (Wildman–Crippen LogP) is 2.22. The number of carbonyl (C=O) groups excluding carboxylic acids is 2. The van der Waals surface area contributed by atoms with Crippen LogP contribution in [0.2, 0.25) is 15.1 Å². The molecule has 0 spiro atoms. The van der Waals surface area contributed by atoms with Crippen molar-refractivity contribution in [3.05, 3.63) is 27.2 Å². The molecule has 0 atom stereocenters. The van der Waals surface area contributed by atoms with E-state index in [9.17, 15) is 9.59 Å². The highest BCUT2D eigenvalue weighted by Gasteiger charge is 2.30. The lowest BCUT2D eigenvalue weighted by atomic mass is 10.2. The van der Waals surface area contributed by atoms with Gasteiger partial charge in [-0.1, -0.05) is 34.8 Å². The van der Waals surface area contributed by atoms with Gasteiger partial charge in [-0.3, -0.25) is 9.59 Å². The van der Waals surface area contributed by atoms with Crippen molar-refractivity contribution >= 4 is 58.0 Å². The summed E-state index contributed by atoms with van der Waals surface area (Å²) in [5, 5.41) is 5.42. The second-order valence-electron chi connectivity index (χ2n) is 3.51. The molecule has 0 unspecified atom stereocenters. The maximum absolute atomic E-state index is 11.7. The molecule has 1 aliphatic rings. The average molecular weight is 307 g/mol. The van der Waals surface area contributed by atoms with Crippen molar-refractivity contribution in [3.8, 4) is 0 Å². The van der Waals surface area contributed by atoms with Crippen molar-refractivity contribution in [1.29, 1.82) is 0 Å². The van der Waals surface area contributed by atoms with Gasteiger partial charge < -0.3 is 5.73 Å². The first-order valence-electron chi connectivity index (χ1n) is 4.75. The molecule has 94 valence electrons. The molecule has 2 amide bonds. The highest BCUT2D eigenvalue weighted by atomic mass is 35.5. The van der Waals surface area contributed by atoms with Gasteiger partial charge in [0.1, 0.15) is 11.4 Å². The average Bonchev–Trinajstić information content (AvgIpc) is 2.59. The molecule has 1 heterocycles. The first-order chi connectivity index (χ1) is 8.40. The van der Waals surface area contributed by atoms with Gasteiger partial charge in [-0.05, 0) is 12.1 Å². The van der Waals surface area contributed by atoms with E-state index in [1.807, 2.05) is 0 Å². The Kier molecular flexibility index (Phi) is 3.47. The smallest absolute Gasteiger partial charge is 0.265 e. The molecule has 18 heavy (non-hydrogen) atoms. The Morgan fingerprint density at radius 1 is 1.28 bits per heavy atom. The van der Waals surface area contributed by atoms with Crippen LogP contribution in [-0.2, 0) is 9.59 Å². The molecule has 0 radical (unpaired) electrons. The number of carbonyl (C=O) groups is 2. The second-order valence-corrected chi connectivity index (χ2v) is 4.76. The van der Waals surface area contributed by atoms with Crippen molar-refractivity contribution in [2.24, 2.45) is 10.8 Å². The van der Waals surface area contributed by atoms with Crippen LogP contribution in [0.1, 0.15) is 6.42 Å². The Balaban J connectivity index is 2.50. The van der Waals surface area contributed by atoms with E-state index in [0.717, 1.165) is 5.01 Å². The summed E-state index contributed by atoms with van der Waals surface area (Å²) in [4.78, 5) is 22.7. The number of hydrogen-bond donors (Lipinski definition) is 1. The molecule has 2 N–H and O–H groups in total. The van der Waals surface area contributed by atoms with Gasteiger partial charge >= 0.3 is 0 Å². The van der Waals surface area contributed by atoms with Crippen LogP contribution in [0.25, 0.3) is 0 Å². The monoisotopic (exact) mass is 305 g/mol. The third-order valence-electron chi connectivity index (χ3n) is 2.25. The largest absolute Gasteiger partial charge is 0.364 e. The van der Waals surface area contributed by atoms with Crippen molar-refractivity contribution in [2.45, 2.75) is 6.42 Å². The van der Waals surface area contributed by atoms with Gasteiger partial charge in [0.25, 0.3) is 11.8 Å². The molecule has 1 aliphatic heterocycles. The number of anilines is 1. The van der Waals surface area contributed by atoms with E-state index in [4.69, 9.17) is 40.5 Å². The zero-order valence-electron chi connectivity index (χ0n) is 8.78. The molecule has 0 aromatic heterocycles. The molecule has 0 saturated heterocycles. The summed E-state index contributed by atoms with van der Waals surface area (Å²) >= 11 is 17.7. The Morgan fingerprint density at radius 3 is 2.28 bits per heavy atom. The van der Waals surface area contributed by atoms with Gasteiger partial charge in [-0.15, -0.1) is 0 Å². The molecule has 8 heteroatoms. The molecule has 0 bridgehead atoms. The van der Waals surface area contributed by atoms with Crippen molar-refractivity contribution in [3.63, 3.8) is 0 Å². The van der Waals surface area contributed by atoms with E-state index in [0.29, 0.717) is 5.02 Å². The fraction of sp³-hybridized carbons (Fsp3) is 0.100. The van der Waals surface area contributed by atoms with E-state index in [1.54, 1.807) is 0 Å². The number of hydrogen-bond acceptors (Lipinski definition) is 3. The SMILES string of the molecule is NC(=O)C1=NN(c2c(Cl)cc(Cl)cc2Cl)C(=O)C1. The predicted molar refractivity (Wildman–Crippen MR) is 70.2 cm³/mol. The number of primary amides is 1. The van der Waals surface area contributed by atoms with Gasteiger partial charge in [0.05, 0.1) is 16.5 Å². The summed E-state index contributed by atoms with van der Waals surface area (Å²) in [5.41, 5.74) is 5.21. The van der Waals surface area contributed by atoms with Crippen LogP contribution in [0.15, 0.2) is 17.2 Å². The van der Waals surface area contributed by atoms with Crippen LogP contribution in [0, 0.1) is 0 Å². The van der Waals surface area contributed by atoms with E-state index >= 15 is 0 Å². The molecule has 1 aromatic carbocycles. The summed E-state index contributed by atoms with van der Waals surface area (Å²) in [6.07, 6.45) is -0.176. The minimum Gasteiger partial charge on any atom is -0.364 e. The quantitative estimate of drug-likeness (QED) is 0.909. The third-order valence-corrected chi connectivity index (χ3v) is 3.05. The lowest BCUT2D eigenvalue weighted by Crippen LogP contribution is -2.22. The number of halogens is 3. The first-order valence-corrected chi connectivity index (χ1v) is 5.88. The third kappa shape index (κ3) is 2.29. The van der Waals surface area contributed by atoms with Crippen molar-refractivity contribution in [2.75, 3.05) is 5.01 Å². The van der Waals surface area contributed by atoms with Gasteiger partial charge in [-0.2, -0.15) is 10.1 Å². The lowest BCUT2D eigenvalue weighted by Gasteiger charge is -2.15. The van der Waals surface area contributed by atoms with E-state index in [-0.39, 0.29) is 27.9 Å². The van der Waals surface area contributed by atoms with Crippen LogP contribution in [0.5, 0.6) is 0 Å². The molecule has 2 rings (SSSR count). The normalized spacial score (nSPS) is 14.9. The van der Waals surface area contributed by atoms with Crippen LogP contribution in [-0.4, -0.2) is 17.5 Å². The second kappa shape index (κ2) is 4.76. The van der Waals surface area contributed by atoms with E-state index < -0.39 is 11.8 Å². The maximum Gasteiger partial charge on any atom is 0.265 e. The first kappa shape index (κ1) is 13.1. The molecule has 1 aromatic rings. The molecular formula is C10H6Cl3N3O2. The number of amides is 2.